The summed E-state index contributed by atoms with van der Waals surface area (Å²) < 4.78 is 5.85. The molecule has 20 heavy (non-hydrogen) atoms. The summed E-state index contributed by atoms with van der Waals surface area (Å²) in [7, 11) is 0. The van der Waals surface area contributed by atoms with Crippen LogP contribution in [0.1, 0.15) is 30.9 Å². The lowest BCUT2D eigenvalue weighted by Crippen LogP contribution is -2.58. The van der Waals surface area contributed by atoms with Gasteiger partial charge in [-0.05, 0) is 56.3 Å². The van der Waals surface area contributed by atoms with Crippen molar-refractivity contribution < 1.29 is 14.6 Å². The van der Waals surface area contributed by atoms with Gasteiger partial charge in [0.2, 0.25) is 0 Å². The molecule has 0 aliphatic heterocycles. The fourth-order valence-electron chi connectivity index (χ4n) is 2.57. The zero-order valence-electron chi connectivity index (χ0n) is 12.4. The van der Waals surface area contributed by atoms with Gasteiger partial charge in [0.15, 0.2) is 5.54 Å². The number of benzene rings is 1. The van der Waals surface area contributed by atoms with Gasteiger partial charge in [-0.3, -0.25) is 10.1 Å². The van der Waals surface area contributed by atoms with E-state index in [0.29, 0.717) is 6.54 Å². The number of carboxylic acids is 1. The number of carbonyl (C=O) groups is 1. The number of ether oxygens (including phenoxy) is 1. The molecule has 0 bridgehead atoms. The highest BCUT2D eigenvalue weighted by Crippen LogP contribution is 2.40. The fraction of sp³-hybridized carbons (Fsp3) is 0.562. The molecule has 1 unspecified atom stereocenters. The van der Waals surface area contributed by atoms with Crippen LogP contribution < -0.4 is 10.1 Å². The SMILES string of the molecule is CCNC(COc1cc(C)ccc1C)(C(=O)O)C1CC1. The topological polar surface area (TPSA) is 58.6 Å². The predicted octanol–water partition coefficient (Wildman–Crippen LogP) is 2.53. The minimum Gasteiger partial charge on any atom is -0.491 e. The second-order valence-electron chi connectivity index (χ2n) is 5.64. The monoisotopic (exact) mass is 277 g/mol. The van der Waals surface area contributed by atoms with Crippen molar-refractivity contribution in [3.8, 4) is 5.75 Å². The maximum atomic E-state index is 11.7. The van der Waals surface area contributed by atoms with Gasteiger partial charge in [-0.25, -0.2) is 0 Å². The van der Waals surface area contributed by atoms with Gasteiger partial charge < -0.3 is 9.84 Å². The number of aryl methyl sites for hydroxylation is 2. The molecule has 0 radical (unpaired) electrons. The zero-order valence-corrected chi connectivity index (χ0v) is 12.4. The van der Waals surface area contributed by atoms with E-state index in [-0.39, 0.29) is 12.5 Å². The summed E-state index contributed by atoms with van der Waals surface area (Å²) >= 11 is 0. The third-order valence-corrected chi connectivity index (χ3v) is 3.95. The summed E-state index contributed by atoms with van der Waals surface area (Å²) in [6.45, 7) is 6.70. The van der Waals surface area contributed by atoms with E-state index in [0.717, 1.165) is 29.7 Å². The molecule has 0 aromatic heterocycles. The number of aliphatic carboxylic acids is 1. The van der Waals surface area contributed by atoms with Crippen LogP contribution in [-0.4, -0.2) is 29.8 Å². The summed E-state index contributed by atoms with van der Waals surface area (Å²) in [5, 5.41) is 12.8. The van der Waals surface area contributed by atoms with Crippen molar-refractivity contribution in [2.45, 2.75) is 39.2 Å². The summed E-state index contributed by atoms with van der Waals surface area (Å²) in [5.41, 5.74) is 1.19. The second-order valence-corrected chi connectivity index (χ2v) is 5.64. The van der Waals surface area contributed by atoms with Crippen LogP contribution >= 0.6 is 0 Å². The Kier molecular flexibility index (Phi) is 4.33. The van der Waals surface area contributed by atoms with Crippen molar-refractivity contribution in [2.24, 2.45) is 5.92 Å². The van der Waals surface area contributed by atoms with Crippen LogP contribution in [0, 0.1) is 19.8 Å². The van der Waals surface area contributed by atoms with E-state index in [9.17, 15) is 9.90 Å². The molecule has 2 rings (SSSR count). The molecule has 1 aliphatic rings. The smallest absolute Gasteiger partial charge is 0.327 e. The Morgan fingerprint density at radius 3 is 2.70 bits per heavy atom. The molecule has 1 aromatic carbocycles. The van der Waals surface area contributed by atoms with Crippen molar-refractivity contribution in [1.29, 1.82) is 0 Å². The Labute approximate surface area is 120 Å². The van der Waals surface area contributed by atoms with Crippen molar-refractivity contribution in [2.75, 3.05) is 13.2 Å². The van der Waals surface area contributed by atoms with Gasteiger partial charge in [-0.2, -0.15) is 0 Å². The molecule has 2 N–H and O–H groups in total. The Balaban J connectivity index is 2.16. The minimum atomic E-state index is -0.953. The minimum absolute atomic E-state index is 0.171. The number of hydrogen-bond acceptors (Lipinski definition) is 3. The lowest BCUT2D eigenvalue weighted by Gasteiger charge is -2.30. The Morgan fingerprint density at radius 1 is 1.45 bits per heavy atom. The number of likely N-dealkylation sites (N-methyl/N-ethyl adjacent to an activating group) is 1. The van der Waals surface area contributed by atoms with Gasteiger partial charge in [0, 0.05) is 0 Å². The molecular weight excluding hydrogens is 254 g/mol. The molecule has 1 aromatic rings. The number of carboxylic acid groups (broad SMARTS) is 1. The first-order valence-electron chi connectivity index (χ1n) is 7.18. The van der Waals surface area contributed by atoms with Crippen LogP contribution in [0.4, 0.5) is 0 Å². The van der Waals surface area contributed by atoms with Gasteiger partial charge >= 0.3 is 5.97 Å². The van der Waals surface area contributed by atoms with Crippen LogP contribution in [0.2, 0.25) is 0 Å². The third kappa shape index (κ3) is 2.96. The quantitative estimate of drug-likeness (QED) is 0.804. The third-order valence-electron chi connectivity index (χ3n) is 3.95. The summed E-state index contributed by atoms with van der Waals surface area (Å²) in [6.07, 6.45) is 1.91. The van der Waals surface area contributed by atoms with Crippen molar-refractivity contribution in [3.63, 3.8) is 0 Å². The molecular formula is C16H23NO3. The van der Waals surface area contributed by atoms with Crippen molar-refractivity contribution >= 4 is 5.97 Å². The molecule has 4 heteroatoms. The molecule has 0 amide bonds. The lowest BCUT2D eigenvalue weighted by molar-refractivity contribution is -0.147. The van der Waals surface area contributed by atoms with E-state index >= 15 is 0 Å². The van der Waals surface area contributed by atoms with Gasteiger partial charge in [0.1, 0.15) is 12.4 Å². The molecule has 1 aliphatic carbocycles. The first-order chi connectivity index (χ1) is 9.49. The number of hydrogen-bond donors (Lipinski definition) is 2. The highest BCUT2D eigenvalue weighted by Gasteiger charge is 2.51. The molecule has 110 valence electrons. The Bertz CT molecular complexity index is 496. The van der Waals surface area contributed by atoms with Crippen LogP contribution in [-0.2, 0) is 4.79 Å². The fourth-order valence-corrected chi connectivity index (χ4v) is 2.57. The molecule has 1 fully saturated rings. The first-order valence-corrected chi connectivity index (χ1v) is 7.18. The first kappa shape index (κ1) is 14.9. The molecule has 1 atom stereocenters. The Hall–Kier alpha value is -1.55. The van der Waals surface area contributed by atoms with Crippen LogP contribution in [0.3, 0.4) is 0 Å². The standard InChI is InChI=1S/C16H23NO3/c1-4-17-16(15(18)19,13-7-8-13)10-20-14-9-11(2)5-6-12(14)3/h5-6,9,13,17H,4,7-8,10H2,1-3H3,(H,18,19). The van der Waals surface area contributed by atoms with E-state index in [1.54, 1.807) is 0 Å². The molecule has 0 saturated heterocycles. The predicted molar refractivity (Wildman–Crippen MR) is 78.2 cm³/mol. The molecule has 0 spiro atoms. The van der Waals surface area contributed by atoms with Gasteiger partial charge in [0.05, 0.1) is 0 Å². The number of rotatable bonds is 7. The highest BCUT2D eigenvalue weighted by molar-refractivity contribution is 5.80. The van der Waals surface area contributed by atoms with Crippen LogP contribution in [0.15, 0.2) is 18.2 Å². The zero-order chi connectivity index (χ0) is 14.8. The largest absolute Gasteiger partial charge is 0.491 e. The maximum Gasteiger partial charge on any atom is 0.327 e. The summed E-state index contributed by atoms with van der Waals surface area (Å²) in [5.74, 6) is 0.131. The highest BCUT2D eigenvalue weighted by atomic mass is 16.5. The van der Waals surface area contributed by atoms with Gasteiger partial charge in [-0.15, -0.1) is 0 Å². The molecule has 1 saturated carbocycles. The van der Waals surface area contributed by atoms with Crippen LogP contribution in [0.5, 0.6) is 5.75 Å². The molecule has 4 nitrogen and oxygen atoms in total. The van der Waals surface area contributed by atoms with Gasteiger partial charge in [0.25, 0.3) is 0 Å². The summed E-state index contributed by atoms with van der Waals surface area (Å²) in [6, 6.07) is 5.98. The van der Waals surface area contributed by atoms with Gasteiger partial charge in [-0.1, -0.05) is 19.1 Å². The maximum absolute atomic E-state index is 11.7. The van der Waals surface area contributed by atoms with E-state index in [1.165, 1.54) is 0 Å². The second kappa shape index (κ2) is 5.83. The van der Waals surface area contributed by atoms with Crippen molar-refractivity contribution in [1.82, 2.24) is 5.32 Å². The van der Waals surface area contributed by atoms with Crippen LogP contribution in [0.25, 0.3) is 0 Å². The average molecular weight is 277 g/mol. The average Bonchev–Trinajstić information content (AvgIpc) is 3.22. The van der Waals surface area contributed by atoms with E-state index in [4.69, 9.17) is 4.74 Å². The van der Waals surface area contributed by atoms with E-state index in [1.807, 2.05) is 39.0 Å². The van der Waals surface area contributed by atoms with E-state index in [2.05, 4.69) is 5.32 Å². The number of nitrogens with one attached hydrogen (secondary N) is 1. The van der Waals surface area contributed by atoms with E-state index < -0.39 is 11.5 Å². The lowest BCUT2D eigenvalue weighted by atomic mass is 9.94. The van der Waals surface area contributed by atoms with Crippen molar-refractivity contribution in [3.05, 3.63) is 29.3 Å². The normalized spacial score (nSPS) is 17.6. The summed E-state index contributed by atoms with van der Waals surface area (Å²) in [4.78, 5) is 11.7. The molecule has 0 heterocycles. The Morgan fingerprint density at radius 2 is 2.15 bits per heavy atom.